The molecule has 3 aliphatic rings. The number of hydrogen-bond acceptors (Lipinski definition) is 1. The van der Waals surface area contributed by atoms with Gasteiger partial charge >= 0.3 is 0 Å². The summed E-state index contributed by atoms with van der Waals surface area (Å²) in [7, 11) is 0. The Morgan fingerprint density at radius 2 is 2.00 bits per heavy atom. The van der Waals surface area contributed by atoms with Gasteiger partial charge in [0.2, 0.25) is 5.91 Å². The van der Waals surface area contributed by atoms with Crippen molar-refractivity contribution in [2.45, 2.75) is 31.2 Å². The number of nitrogens with one attached hydrogen (secondary N) is 1. The molecule has 1 aromatic carbocycles. The van der Waals surface area contributed by atoms with Crippen molar-refractivity contribution >= 4 is 33.4 Å². The van der Waals surface area contributed by atoms with Gasteiger partial charge in [-0.2, -0.15) is 0 Å². The van der Waals surface area contributed by atoms with Crippen LogP contribution < -0.4 is 5.32 Å². The zero-order valence-electron chi connectivity index (χ0n) is 9.80. The number of rotatable bonds is 3. The minimum Gasteiger partial charge on any atom is -0.346 e. The van der Waals surface area contributed by atoms with Crippen molar-refractivity contribution in [1.82, 2.24) is 5.32 Å². The largest absolute Gasteiger partial charge is 0.346 e. The number of hydrogen-bond donors (Lipinski definition) is 1. The summed E-state index contributed by atoms with van der Waals surface area (Å²) < 4.78 is 0.972. The Balaban J connectivity index is 1.60. The number of halogens is 2. The van der Waals surface area contributed by atoms with Gasteiger partial charge in [-0.3, -0.25) is 4.79 Å². The van der Waals surface area contributed by atoms with Gasteiger partial charge in [-0.1, -0.05) is 27.5 Å². The molecule has 4 rings (SSSR count). The molecular formula is C14H13BrClNO. The van der Waals surface area contributed by atoms with Gasteiger partial charge < -0.3 is 5.32 Å². The number of fused-ring (bicyclic) bond motifs is 1. The van der Waals surface area contributed by atoms with Crippen molar-refractivity contribution in [2.24, 2.45) is 11.3 Å². The maximum atomic E-state index is 12.2. The van der Waals surface area contributed by atoms with E-state index in [-0.39, 0.29) is 16.9 Å². The monoisotopic (exact) mass is 325 g/mol. The van der Waals surface area contributed by atoms with E-state index in [2.05, 4.69) is 27.3 Å². The second-order valence-electron chi connectivity index (χ2n) is 5.96. The molecule has 18 heavy (non-hydrogen) atoms. The van der Waals surface area contributed by atoms with Crippen LogP contribution in [0.3, 0.4) is 0 Å². The molecule has 0 saturated heterocycles. The van der Waals surface area contributed by atoms with Crippen molar-refractivity contribution < 1.29 is 4.79 Å². The van der Waals surface area contributed by atoms with Gasteiger partial charge in [-0.15, -0.1) is 0 Å². The first-order valence-electron chi connectivity index (χ1n) is 6.33. The van der Waals surface area contributed by atoms with Gasteiger partial charge in [0.1, 0.15) is 0 Å². The van der Waals surface area contributed by atoms with Gasteiger partial charge in [0, 0.05) is 9.50 Å². The molecule has 1 N–H and O–H groups in total. The van der Waals surface area contributed by atoms with Crippen molar-refractivity contribution in [3.8, 4) is 0 Å². The van der Waals surface area contributed by atoms with E-state index in [1.165, 1.54) is 0 Å². The highest BCUT2D eigenvalue weighted by atomic mass is 79.9. The van der Waals surface area contributed by atoms with Crippen LogP contribution in [-0.4, -0.2) is 5.91 Å². The molecule has 0 radical (unpaired) electrons. The lowest BCUT2D eigenvalue weighted by atomic mass is 10.0. The van der Waals surface area contributed by atoms with Crippen LogP contribution in [0.1, 0.15) is 31.2 Å². The molecule has 0 unspecified atom stereocenters. The van der Waals surface area contributed by atoms with E-state index < -0.39 is 0 Å². The lowest BCUT2D eigenvalue weighted by Crippen LogP contribution is -2.37. The molecule has 0 bridgehead atoms. The van der Waals surface area contributed by atoms with Crippen LogP contribution in [-0.2, 0) is 10.3 Å². The zero-order chi connectivity index (χ0) is 12.5. The molecule has 3 saturated carbocycles. The van der Waals surface area contributed by atoms with E-state index in [1.807, 2.05) is 12.1 Å². The SMILES string of the molecule is O=C(NC1(c2cc(Cl)cc(Br)c2)CC1)C12CC1C2. The maximum Gasteiger partial charge on any atom is 0.227 e. The molecule has 0 aliphatic heterocycles. The van der Waals surface area contributed by atoms with Crippen LogP contribution in [0, 0.1) is 11.3 Å². The molecule has 0 heterocycles. The summed E-state index contributed by atoms with van der Waals surface area (Å²) in [5.74, 6) is 0.959. The summed E-state index contributed by atoms with van der Waals surface area (Å²) in [6.07, 6.45) is 4.25. The Kier molecular flexibility index (Phi) is 2.08. The molecule has 1 amide bonds. The fourth-order valence-corrected chi connectivity index (χ4v) is 3.72. The molecule has 0 spiro atoms. The number of amides is 1. The second-order valence-corrected chi connectivity index (χ2v) is 7.31. The van der Waals surface area contributed by atoms with Crippen molar-refractivity contribution in [3.05, 3.63) is 33.3 Å². The van der Waals surface area contributed by atoms with Crippen LogP contribution in [0.15, 0.2) is 22.7 Å². The first kappa shape index (κ1) is 11.3. The standard InChI is InChI=1S/C14H13BrClNO/c15-10-3-8(4-11(16)5-10)14(1-2-14)17-12(18)13-6-9(13)7-13/h3-5,9H,1-2,6-7H2,(H,17,18). The van der Waals surface area contributed by atoms with Crippen molar-refractivity contribution in [2.75, 3.05) is 0 Å². The van der Waals surface area contributed by atoms with Crippen molar-refractivity contribution in [1.29, 1.82) is 0 Å². The molecule has 94 valence electrons. The molecule has 3 fully saturated rings. The fraction of sp³-hybridized carbons (Fsp3) is 0.500. The molecule has 4 heteroatoms. The third kappa shape index (κ3) is 1.56. The average Bonchev–Trinajstić information content (AvgIpc) is 3.11. The zero-order valence-corrected chi connectivity index (χ0v) is 12.1. The summed E-state index contributed by atoms with van der Waals surface area (Å²) in [6.45, 7) is 0. The summed E-state index contributed by atoms with van der Waals surface area (Å²) in [4.78, 5) is 12.2. The van der Waals surface area contributed by atoms with E-state index in [9.17, 15) is 4.79 Å². The smallest absolute Gasteiger partial charge is 0.227 e. The summed E-state index contributed by atoms with van der Waals surface area (Å²) in [6, 6.07) is 5.90. The Morgan fingerprint density at radius 1 is 1.33 bits per heavy atom. The van der Waals surface area contributed by atoms with E-state index in [4.69, 9.17) is 11.6 Å². The Bertz CT molecular complexity index is 541. The first-order valence-corrected chi connectivity index (χ1v) is 7.50. The maximum absolute atomic E-state index is 12.2. The van der Waals surface area contributed by atoms with Gasteiger partial charge in [0.25, 0.3) is 0 Å². The average molecular weight is 327 g/mol. The molecular weight excluding hydrogens is 314 g/mol. The molecule has 1 aromatic rings. The quantitative estimate of drug-likeness (QED) is 0.903. The highest BCUT2D eigenvalue weighted by molar-refractivity contribution is 9.10. The minimum atomic E-state index is -0.144. The molecule has 3 aliphatic carbocycles. The summed E-state index contributed by atoms with van der Waals surface area (Å²) in [5.41, 5.74) is 1.03. The summed E-state index contributed by atoms with van der Waals surface area (Å²) >= 11 is 9.55. The van der Waals surface area contributed by atoms with Gasteiger partial charge in [-0.25, -0.2) is 0 Å². The minimum absolute atomic E-state index is 0.0470. The first-order chi connectivity index (χ1) is 8.54. The predicted octanol–water partition coefficient (Wildman–Crippen LogP) is 3.62. The molecule has 0 atom stereocenters. The fourth-order valence-electron chi connectivity index (χ4n) is 2.86. The van der Waals surface area contributed by atoms with Gasteiger partial charge in [-0.05, 0) is 55.4 Å². The highest BCUT2D eigenvalue weighted by Crippen LogP contribution is 2.75. The number of carbonyl (C=O) groups is 1. The van der Waals surface area contributed by atoms with Gasteiger partial charge in [0.15, 0.2) is 0 Å². The van der Waals surface area contributed by atoms with Gasteiger partial charge in [0.05, 0.1) is 11.0 Å². The number of benzene rings is 1. The van der Waals surface area contributed by atoms with E-state index in [1.54, 1.807) is 0 Å². The molecule has 0 aromatic heterocycles. The second kappa shape index (κ2) is 3.31. The Labute approximate surface area is 119 Å². The van der Waals surface area contributed by atoms with Crippen LogP contribution in [0.4, 0.5) is 0 Å². The van der Waals surface area contributed by atoms with E-state index in [0.717, 1.165) is 35.7 Å². The van der Waals surface area contributed by atoms with Crippen LogP contribution in [0.2, 0.25) is 5.02 Å². The third-order valence-electron chi connectivity index (χ3n) is 4.65. The third-order valence-corrected chi connectivity index (χ3v) is 5.33. The van der Waals surface area contributed by atoms with Crippen LogP contribution in [0.5, 0.6) is 0 Å². The Morgan fingerprint density at radius 3 is 2.50 bits per heavy atom. The van der Waals surface area contributed by atoms with Crippen molar-refractivity contribution in [3.63, 3.8) is 0 Å². The lowest BCUT2D eigenvalue weighted by Gasteiger charge is -2.19. The van der Waals surface area contributed by atoms with E-state index >= 15 is 0 Å². The molecule has 2 nitrogen and oxygen atoms in total. The normalized spacial score (nSPS) is 33.6. The predicted molar refractivity (Wildman–Crippen MR) is 73.4 cm³/mol. The van der Waals surface area contributed by atoms with Crippen LogP contribution in [0.25, 0.3) is 0 Å². The van der Waals surface area contributed by atoms with E-state index in [0.29, 0.717) is 10.9 Å². The summed E-state index contributed by atoms with van der Waals surface area (Å²) in [5, 5.41) is 3.98. The Hall–Kier alpha value is -0.540. The topological polar surface area (TPSA) is 29.1 Å². The highest BCUT2D eigenvalue weighted by Gasteiger charge is 2.75. The number of carbonyl (C=O) groups excluding carboxylic acids is 1. The lowest BCUT2D eigenvalue weighted by molar-refractivity contribution is -0.125. The van der Waals surface area contributed by atoms with Crippen LogP contribution >= 0.6 is 27.5 Å².